The van der Waals surface area contributed by atoms with E-state index in [1.54, 1.807) is 6.29 Å². The average Bonchev–Trinajstić information content (AvgIpc) is 1.98. The van der Waals surface area contributed by atoms with E-state index in [-0.39, 0.29) is 0 Å². The third kappa shape index (κ3) is 3.92. The topological polar surface area (TPSA) is 65.8 Å². The zero-order valence-corrected chi connectivity index (χ0v) is 5.95. The summed E-state index contributed by atoms with van der Waals surface area (Å²) in [6, 6.07) is -0.579. The molecule has 10 heavy (non-hydrogen) atoms. The second kappa shape index (κ2) is 6.11. The third-order valence-electron chi connectivity index (χ3n) is 1.16. The van der Waals surface area contributed by atoms with Gasteiger partial charge in [0.2, 0.25) is 6.29 Å². The van der Waals surface area contributed by atoms with E-state index in [2.05, 4.69) is 10.0 Å². The van der Waals surface area contributed by atoms with Crippen LogP contribution in [-0.4, -0.2) is 12.3 Å². The molecule has 0 amide bonds. The highest BCUT2D eigenvalue weighted by atomic mass is 16.1. The van der Waals surface area contributed by atoms with E-state index in [0.717, 1.165) is 12.8 Å². The molecule has 0 spiro atoms. The van der Waals surface area contributed by atoms with Crippen molar-refractivity contribution in [2.75, 3.05) is 0 Å². The summed E-state index contributed by atoms with van der Waals surface area (Å²) >= 11 is 0. The van der Waals surface area contributed by atoms with Crippen LogP contribution in [0, 0.1) is 0 Å². The molecule has 4 nitrogen and oxygen atoms in total. The summed E-state index contributed by atoms with van der Waals surface area (Å²) in [5.74, 6) is 0. The van der Waals surface area contributed by atoms with Crippen LogP contribution in [0.4, 0.5) is 0 Å². The van der Waals surface area contributed by atoms with E-state index in [1.165, 1.54) is 0 Å². The molecule has 0 saturated carbocycles. The maximum Gasteiger partial charge on any atom is 0.207 e. The number of nitrogens with zero attached hydrogens (tertiary/aromatic N) is 3. The molecule has 0 saturated heterocycles. The zero-order chi connectivity index (χ0) is 7.82. The summed E-state index contributed by atoms with van der Waals surface area (Å²) in [7, 11) is 0. The largest absolute Gasteiger partial charge is 0.290 e. The van der Waals surface area contributed by atoms with Crippen molar-refractivity contribution in [2.45, 2.75) is 32.2 Å². The molecular weight excluding hydrogens is 130 g/mol. The van der Waals surface area contributed by atoms with E-state index in [4.69, 9.17) is 5.53 Å². The van der Waals surface area contributed by atoms with E-state index in [0.29, 0.717) is 6.42 Å². The predicted molar refractivity (Wildman–Crippen MR) is 38.2 cm³/mol. The normalized spacial score (nSPS) is 11.7. The van der Waals surface area contributed by atoms with Gasteiger partial charge in [0.05, 0.1) is 0 Å². The average molecular weight is 140 g/mol. The molecule has 0 aromatic heterocycles. The van der Waals surface area contributed by atoms with Crippen molar-refractivity contribution < 1.29 is 4.79 Å². The molecule has 0 aromatic carbocycles. The highest BCUT2D eigenvalue weighted by Gasteiger charge is 2.02. The fourth-order valence-electron chi connectivity index (χ4n) is 0.600. The van der Waals surface area contributed by atoms with Gasteiger partial charge in [-0.15, -0.1) is 0 Å². The van der Waals surface area contributed by atoms with Crippen molar-refractivity contribution in [1.82, 2.24) is 0 Å². The molecule has 0 fully saturated rings. The summed E-state index contributed by atoms with van der Waals surface area (Å²) in [6.45, 7) is 2.01. The molecule has 1 radical (unpaired) electrons. The first-order chi connectivity index (χ1) is 4.85. The maximum atomic E-state index is 10.0. The van der Waals surface area contributed by atoms with Gasteiger partial charge in [-0.05, 0) is 12.0 Å². The van der Waals surface area contributed by atoms with Crippen molar-refractivity contribution >= 4 is 6.29 Å². The van der Waals surface area contributed by atoms with E-state index >= 15 is 0 Å². The summed E-state index contributed by atoms with van der Waals surface area (Å²) in [4.78, 5) is 12.5. The molecule has 0 N–H and O–H groups in total. The Hall–Kier alpha value is -1.02. The molecule has 1 atom stereocenters. The molecule has 0 aromatic rings. The molecular formula is C6H10N3O. The van der Waals surface area contributed by atoms with Gasteiger partial charge in [-0.25, -0.2) is 0 Å². The number of hydrogen-bond donors (Lipinski definition) is 0. The van der Waals surface area contributed by atoms with Gasteiger partial charge >= 0.3 is 0 Å². The van der Waals surface area contributed by atoms with Crippen LogP contribution in [0.2, 0.25) is 0 Å². The quantitative estimate of drug-likeness (QED) is 0.327. The lowest BCUT2D eigenvalue weighted by atomic mass is 10.1. The number of azide groups is 1. The first-order valence-electron chi connectivity index (χ1n) is 3.27. The molecule has 0 bridgehead atoms. The molecule has 0 aliphatic carbocycles. The lowest BCUT2D eigenvalue weighted by molar-refractivity contribution is 0.530. The zero-order valence-electron chi connectivity index (χ0n) is 5.95. The minimum atomic E-state index is -0.579. The van der Waals surface area contributed by atoms with E-state index in [9.17, 15) is 4.79 Å². The van der Waals surface area contributed by atoms with Gasteiger partial charge in [0.25, 0.3) is 0 Å². The number of unbranched alkanes of at least 4 members (excludes halogenated alkanes) is 1. The second-order valence-electron chi connectivity index (χ2n) is 1.98. The SMILES string of the molecule is CCCCC([C]=O)N=[N+]=[N-]. The van der Waals surface area contributed by atoms with Crippen molar-refractivity contribution in [3.05, 3.63) is 10.4 Å². The first kappa shape index (κ1) is 8.98. The second-order valence-corrected chi connectivity index (χ2v) is 1.98. The van der Waals surface area contributed by atoms with Crippen LogP contribution < -0.4 is 0 Å². The minimum Gasteiger partial charge on any atom is -0.290 e. The van der Waals surface area contributed by atoms with Gasteiger partial charge in [-0.2, -0.15) is 0 Å². The molecule has 0 aliphatic rings. The monoisotopic (exact) mass is 140 g/mol. The summed E-state index contributed by atoms with van der Waals surface area (Å²) in [6.07, 6.45) is 4.18. The maximum absolute atomic E-state index is 10.0. The Morgan fingerprint density at radius 3 is 2.90 bits per heavy atom. The van der Waals surface area contributed by atoms with Gasteiger partial charge in [0, 0.05) is 4.91 Å². The molecule has 1 unspecified atom stereocenters. The van der Waals surface area contributed by atoms with Gasteiger partial charge < -0.3 is 0 Å². The standard InChI is InChI=1S/C6H10N3O/c1-2-3-4-6(5-10)8-9-7/h6H,2-4H2,1H3. The van der Waals surface area contributed by atoms with Crippen LogP contribution in [0.25, 0.3) is 10.4 Å². The van der Waals surface area contributed by atoms with Crippen molar-refractivity contribution in [3.63, 3.8) is 0 Å². The lowest BCUT2D eigenvalue weighted by Crippen LogP contribution is -2.03. The number of carbonyl (C=O) groups excluding carboxylic acids is 1. The van der Waals surface area contributed by atoms with Gasteiger partial charge in [0.1, 0.15) is 6.04 Å². The Labute approximate surface area is 59.9 Å². The van der Waals surface area contributed by atoms with Crippen molar-refractivity contribution in [3.8, 4) is 0 Å². The minimum absolute atomic E-state index is 0.579. The van der Waals surface area contributed by atoms with Crippen LogP contribution in [0.1, 0.15) is 26.2 Å². The first-order valence-corrected chi connectivity index (χ1v) is 3.27. The number of rotatable bonds is 5. The molecule has 0 heterocycles. The molecule has 0 aliphatic heterocycles. The number of hydrogen-bond acceptors (Lipinski definition) is 2. The lowest BCUT2D eigenvalue weighted by Gasteiger charge is -1.97. The highest BCUT2D eigenvalue weighted by molar-refractivity contribution is 5.58. The Morgan fingerprint density at radius 1 is 1.80 bits per heavy atom. The summed E-state index contributed by atoms with van der Waals surface area (Å²) in [5.41, 5.74) is 7.95. The third-order valence-corrected chi connectivity index (χ3v) is 1.16. The fourth-order valence-corrected chi connectivity index (χ4v) is 0.600. The predicted octanol–water partition coefficient (Wildman–Crippen LogP) is 1.97. The highest BCUT2D eigenvalue weighted by Crippen LogP contribution is 2.01. The van der Waals surface area contributed by atoms with Crippen LogP contribution in [0.5, 0.6) is 0 Å². The van der Waals surface area contributed by atoms with E-state index < -0.39 is 6.04 Å². The molecule has 4 heteroatoms. The summed E-state index contributed by atoms with van der Waals surface area (Å²) in [5, 5.41) is 3.24. The fraction of sp³-hybridized carbons (Fsp3) is 0.833. The van der Waals surface area contributed by atoms with Gasteiger partial charge in [0.15, 0.2) is 0 Å². The van der Waals surface area contributed by atoms with Gasteiger partial charge in [-0.3, -0.25) is 4.79 Å². The van der Waals surface area contributed by atoms with Crippen LogP contribution >= 0.6 is 0 Å². The van der Waals surface area contributed by atoms with Crippen LogP contribution in [-0.2, 0) is 4.79 Å². The Bertz CT molecular complexity index is 140. The van der Waals surface area contributed by atoms with Crippen LogP contribution in [0.3, 0.4) is 0 Å². The van der Waals surface area contributed by atoms with Crippen molar-refractivity contribution in [2.24, 2.45) is 5.11 Å². The van der Waals surface area contributed by atoms with E-state index in [1.807, 2.05) is 6.92 Å². The Kier molecular flexibility index (Phi) is 5.48. The summed E-state index contributed by atoms with van der Waals surface area (Å²) < 4.78 is 0. The molecule has 55 valence electrons. The molecule has 0 rings (SSSR count). The van der Waals surface area contributed by atoms with Gasteiger partial charge in [-0.1, -0.05) is 24.9 Å². The van der Waals surface area contributed by atoms with Crippen LogP contribution in [0.15, 0.2) is 5.11 Å². The van der Waals surface area contributed by atoms with Crippen molar-refractivity contribution in [1.29, 1.82) is 0 Å². The Morgan fingerprint density at radius 2 is 2.50 bits per heavy atom. The Balaban J connectivity index is 3.60. The smallest absolute Gasteiger partial charge is 0.207 e.